The van der Waals surface area contributed by atoms with Gasteiger partial charge in [-0.25, -0.2) is 0 Å². The molecule has 3 aliphatic carbocycles. The predicted octanol–water partition coefficient (Wildman–Crippen LogP) is 8.88. The van der Waals surface area contributed by atoms with Gasteiger partial charge in [0.2, 0.25) is 0 Å². The second kappa shape index (κ2) is 13.4. The molecular weight excluding hydrogens is 641 g/mol. The van der Waals surface area contributed by atoms with Crippen molar-refractivity contribution in [3.63, 3.8) is 0 Å². The first kappa shape index (κ1) is 35.8. The van der Waals surface area contributed by atoms with Crippen molar-refractivity contribution in [3.8, 4) is 5.75 Å². The smallest absolute Gasteiger partial charge is 0.435 e. The summed E-state index contributed by atoms with van der Waals surface area (Å²) in [4.78, 5) is 1.30. The van der Waals surface area contributed by atoms with Gasteiger partial charge in [0, 0.05) is 13.1 Å². The number of nitrogens with zero attached hydrogens (tertiary/aromatic N) is 1. The van der Waals surface area contributed by atoms with E-state index >= 15 is 0 Å². The lowest BCUT2D eigenvalue weighted by Gasteiger charge is -2.50. The number of rotatable bonds is 11. The Morgan fingerprint density at radius 3 is 2.13 bits per heavy atom. The first-order valence-corrected chi connectivity index (χ1v) is 15.9. The zero-order chi connectivity index (χ0) is 34.3. The van der Waals surface area contributed by atoms with Crippen molar-refractivity contribution in [1.29, 1.82) is 0 Å². The Kier molecular flexibility index (Phi) is 10.2. The van der Waals surface area contributed by atoms with Crippen LogP contribution in [0.5, 0.6) is 5.75 Å². The molecule has 13 heteroatoms. The second-order valence-electron chi connectivity index (χ2n) is 13.4. The van der Waals surface area contributed by atoms with Gasteiger partial charge in [0.05, 0.1) is 19.3 Å². The molecule has 0 aromatic heterocycles. The summed E-state index contributed by atoms with van der Waals surface area (Å²) in [5, 5.41) is 0. The molecule has 3 aliphatic rings. The van der Waals surface area contributed by atoms with E-state index in [0.717, 1.165) is 49.8 Å². The Hall–Kier alpha value is -2.51. The summed E-state index contributed by atoms with van der Waals surface area (Å²) in [5.41, 5.74) is -2.51. The number of hydrogen-bond donors (Lipinski definition) is 0. The summed E-state index contributed by atoms with van der Waals surface area (Å²) in [6.45, 7) is 0.973. The number of likely N-dealkylation sites (N-methyl/N-ethyl adjacent to an activating group) is 1. The van der Waals surface area contributed by atoms with Crippen molar-refractivity contribution in [2.75, 3.05) is 33.4 Å². The third kappa shape index (κ3) is 6.99. The summed E-state index contributed by atoms with van der Waals surface area (Å²) < 4.78 is 134. The first-order valence-electron chi connectivity index (χ1n) is 15.9. The molecule has 262 valence electrons. The fourth-order valence-electron chi connectivity index (χ4n) is 8.16. The van der Waals surface area contributed by atoms with Crippen LogP contribution in [0.3, 0.4) is 0 Å². The lowest BCUT2D eigenvalue weighted by Crippen LogP contribution is -2.68. The predicted molar refractivity (Wildman–Crippen MR) is 156 cm³/mol. The molecule has 0 spiro atoms. The SMILES string of the molecule is CN(CCO[C@H]1CCC2C3CCc4cc(OCc5ccccc5)ccc4C3CC[C@@]21C)CCOC(C(F)(F)F)(C(F)(F)F)C(F)(F)F. The van der Waals surface area contributed by atoms with E-state index in [1.54, 1.807) is 0 Å². The van der Waals surface area contributed by atoms with Gasteiger partial charge in [-0.05, 0) is 97.6 Å². The topological polar surface area (TPSA) is 30.9 Å². The summed E-state index contributed by atoms with van der Waals surface area (Å²) in [6.07, 6.45) is -14.5. The van der Waals surface area contributed by atoms with Gasteiger partial charge in [-0.15, -0.1) is 0 Å². The molecule has 47 heavy (non-hydrogen) atoms. The van der Waals surface area contributed by atoms with Gasteiger partial charge in [0.25, 0.3) is 0 Å². The Bertz CT molecular complexity index is 1310. The van der Waals surface area contributed by atoms with Gasteiger partial charge in [0.15, 0.2) is 0 Å². The summed E-state index contributed by atoms with van der Waals surface area (Å²) in [5.74, 6) is 2.25. The molecule has 0 N–H and O–H groups in total. The largest absolute Gasteiger partial charge is 0.489 e. The van der Waals surface area contributed by atoms with Crippen LogP contribution in [0.4, 0.5) is 39.5 Å². The monoisotopic (exact) mass is 681 g/mol. The van der Waals surface area contributed by atoms with E-state index in [9.17, 15) is 39.5 Å². The van der Waals surface area contributed by atoms with Crippen LogP contribution < -0.4 is 4.74 Å². The van der Waals surface area contributed by atoms with Crippen LogP contribution >= 0.6 is 0 Å². The molecule has 0 bridgehead atoms. The van der Waals surface area contributed by atoms with Crippen molar-refractivity contribution in [3.05, 3.63) is 65.2 Å². The van der Waals surface area contributed by atoms with E-state index in [0.29, 0.717) is 24.4 Å². The molecule has 0 amide bonds. The average Bonchev–Trinajstić information content (AvgIpc) is 3.32. The van der Waals surface area contributed by atoms with Gasteiger partial charge in [0.1, 0.15) is 12.4 Å². The van der Waals surface area contributed by atoms with Crippen molar-refractivity contribution >= 4 is 0 Å². The standard InChI is InChI=1S/C34H40F9NO3/c1-30-15-14-26-25-11-9-24(46-21-22-6-4-3-5-7-22)20-23(25)8-10-27(26)28(30)12-13-29(30)45-18-16-44(2)17-19-47-31(32(35,36)37,33(38,39)40)34(41,42)43/h3-7,9,11,20,26-29H,8,10,12-19,21H2,1-2H3/t26?,27?,28?,29-,30-/m0/s1. The minimum absolute atomic E-state index is 0.0680. The van der Waals surface area contributed by atoms with Gasteiger partial charge >= 0.3 is 24.1 Å². The molecule has 0 radical (unpaired) electrons. The number of ether oxygens (including phenoxy) is 3. The molecule has 2 fully saturated rings. The van der Waals surface area contributed by atoms with E-state index in [2.05, 4.69) is 29.9 Å². The van der Waals surface area contributed by atoms with Crippen LogP contribution in [-0.2, 0) is 22.5 Å². The molecule has 2 aromatic carbocycles. The molecule has 2 saturated carbocycles. The Morgan fingerprint density at radius 2 is 1.47 bits per heavy atom. The van der Waals surface area contributed by atoms with E-state index < -0.39 is 37.3 Å². The molecule has 4 nitrogen and oxygen atoms in total. The van der Waals surface area contributed by atoms with Crippen molar-refractivity contribution in [2.45, 2.75) is 88.2 Å². The van der Waals surface area contributed by atoms with Crippen LogP contribution in [0.25, 0.3) is 0 Å². The van der Waals surface area contributed by atoms with E-state index in [-0.39, 0.29) is 24.7 Å². The zero-order valence-corrected chi connectivity index (χ0v) is 26.3. The molecule has 0 aliphatic heterocycles. The van der Waals surface area contributed by atoms with Gasteiger partial charge < -0.3 is 19.1 Å². The highest BCUT2D eigenvalue weighted by Gasteiger charge is 2.85. The highest BCUT2D eigenvalue weighted by atomic mass is 19.4. The number of alkyl halides is 9. The van der Waals surface area contributed by atoms with Crippen LogP contribution in [0.15, 0.2) is 48.5 Å². The maximum Gasteiger partial charge on any atom is 0.435 e. The van der Waals surface area contributed by atoms with Crippen LogP contribution in [0.1, 0.15) is 61.6 Å². The van der Waals surface area contributed by atoms with E-state index in [4.69, 9.17) is 9.47 Å². The Labute approximate surface area is 268 Å². The molecule has 0 heterocycles. The summed E-state index contributed by atoms with van der Waals surface area (Å²) in [6, 6.07) is 16.4. The number of benzene rings is 2. The van der Waals surface area contributed by atoms with Gasteiger partial charge in [-0.2, -0.15) is 39.5 Å². The van der Waals surface area contributed by atoms with E-state index in [1.165, 1.54) is 23.1 Å². The second-order valence-corrected chi connectivity index (χ2v) is 13.4. The fourth-order valence-corrected chi connectivity index (χ4v) is 8.16. The normalized spacial score (nSPS) is 26.6. The molecule has 0 saturated heterocycles. The van der Waals surface area contributed by atoms with E-state index in [1.807, 2.05) is 30.3 Å². The number of fused-ring (bicyclic) bond motifs is 5. The average molecular weight is 682 g/mol. The van der Waals surface area contributed by atoms with Crippen LogP contribution in [0, 0.1) is 17.3 Å². The summed E-state index contributed by atoms with van der Waals surface area (Å²) >= 11 is 0. The first-order chi connectivity index (χ1) is 22.0. The maximum atomic E-state index is 13.1. The van der Waals surface area contributed by atoms with Crippen molar-refractivity contribution in [2.24, 2.45) is 17.3 Å². The minimum Gasteiger partial charge on any atom is -0.489 e. The lowest BCUT2D eigenvalue weighted by molar-refractivity contribution is -0.457. The molecule has 5 atom stereocenters. The number of aryl methyl sites for hydroxylation is 1. The van der Waals surface area contributed by atoms with Crippen molar-refractivity contribution in [1.82, 2.24) is 4.90 Å². The molecule has 5 rings (SSSR count). The number of halogens is 9. The molecule has 2 aromatic rings. The maximum absolute atomic E-state index is 13.1. The third-order valence-electron chi connectivity index (χ3n) is 10.6. The zero-order valence-electron chi connectivity index (χ0n) is 26.3. The van der Waals surface area contributed by atoms with Gasteiger partial charge in [-0.1, -0.05) is 43.3 Å². The highest BCUT2D eigenvalue weighted by Crippen LogP contribution is 2.61. The lowest BCUT2D eigenvalue weighted by atomic mass is 9.55. The number of hydrogen-bond acceptors (Lipinski definition) is 4. The Morgan fingerprint density at radius 1 is 0.809 bits per heavy atom. The summed E-state index contributed by atoms with van der Waals surface area (Å²) in [7, 11) is 1.38. The fraction of sp³-hybridized carbons (Fsp3) is 0.647. The quantitative estimate of drug-likeness (QED) is 0.222. The van der Waals surface area contributed by atoms with Gasteiger partial charge in [-0.3, -0.25) is 0 Å². The third-order valence-corrected chi connectivity index (χ3v) is 10.6. The molecule has 3 unspecified atom stereocenters. The van der Waals surface area contributed by atoms with Crippen molar-refractivity contribution < 1.29 is 53.7 Å². The molecular formula is C34H40F9NO3. The minimum atomic E-state index is -6.74. The van der Waals surface area contributed by atoms with Crippen LogP contribution in [0.2, 0.25) is 0 Å². The van der Waals surface area contributed by atoms with Crippen LogP contribution in [-0.4, -0.2) is 68.5 Å². The Balaban J connectivity index is 1.12. The highest BCUT2D eigenvalue weighted by molar-refractivity contribution is 5.41.